The number of nitrogens with zero attached hydrogens (tertiary/aromatic N) is 2. The van der Waals surface area contributed by atoms with E-state index in [2.05, 4.69) is 22.0 Å². The molecule has 0 aromatic carbocycles. The Kier molecular flexibility index (Phi) is 5.75. The summed E-state index contributed by atoms with van der Waals surface area (Å²) in [6, 6.07) is 0. The zero-order chi connectivity index (χ0) is 15.4. The monoisotopic (exact) mass is 307 g/mol. The molecule has 3 aliphatic heterocycles. The molecule has 0 spiro atoms. The van der Waals surface area contributed by atoms with Gasteiger partial charge >= 0.3 is 0 Å². The molecule has 3 aliphatic rings. The van der Waals surface area contributed by atoms with Crippen molar-refractivity contribution < 1.29 is 4.79 Å². The lowest BCUT2D eigenvalue weighted by atomic mass is 9.91. The Morgan fingerprint density at radius 2 is 1.77 bits per heavy atom. The first kappa shape index (κ1) is 16.3. The quantitative estimate of drug-likeness (QED) is 0.866. The van der Waals surface area contributed by atoms with E-state index < -0.39 is 0 Å². The number of carbonyl (C=O) groups is 1. The van der Waals surface area contributed by atoms with Gasteiger partial charge in [0.2, 0.25) is 5.91 Å². The summed E-state index contributed by atoms with van der Waals surface area (Å²) in [6.45, 7) is 10.2. The number of likely N-dealkylation sites (tertiary alicyclic amines) is 2. The Hall–Kier alpha value is -0.610. The first-order chi connectivity index (χ1) is 10.7. The molecule has 0 bridgehead atoms. The third-order valence-electron chi connectivity index (χ3n) is 5.88. The molecular formula is C18H33N3O. The van der Waals surface area contributed by atoms with Gasteiger partial charge < -0.3 is 15.1 Å². The number of nitrogens with one attached hydrogen (secondary N) is 1. The highest BCUT2D eigenvalue weighted by molar-refractivity contribution is 5.79. The third-order valence-corrected chi connectivity index (χ3v) is 5.88. The summed E-state index contributed by atoms with van der Waals surface area (Å²) in [5.74, 6) is 2.32. The van der Waals surface area contributed by atoms with Crippen molar-refractivity contribution in [1.82, 2.24) is 15.1 Å². The van der Waals surface area contributed by atoms with Crippen molar-refractivity contribution in [3.8, 4) is 0 Å². The molecule has 3 fully saturated rings. The number of hydrogen-bond acceptors (Lipinski definition) is 3. The number of carbonyl (C=O) groups excluding carboxylic acids is 1. The largest absolute Gasteiger partial charge is 0.342 e. The van der Waals surface area contributed by atoms with Gasteiger partial charge in [0.15, 0.2) is 0 Å². The maximum atomic E-state index is 12.7. The number of piperidine rings is 3. The predicted molar refractivity (Wildman–Crippen MR) is 89.7 cm³/mol. The van der Waals surface area contributed by atoms with E-state index in [1.807, 2.05) is 0 Å². The highest BCUT2D eigenvalue weighted by Crippen LogP contribution is 2.25. The zero-order valence-corrected chi connectivity index (χ0v) is 14.2. The minimum absolute atomic E-state index is 0.301. The highest BCUT2D eigenvalue weighted by atomic mass is 16.2. The van der Waals surface area contributed by atoms with Crippen LogP contribution in [0.15, 0.2) is 0 Å². The van der Waals surface area contributed by atoms with Crippen LogP contribution in [-0.2, 0) is 4.79 Å². The Balaban J connectivity index is 1.41. The molecule has 22 heavy (non-hydrogen) atoms. The fraction of sp³-hybridized carbons (Fsp3) is 0.944. The molecule has 4 nitrogen and oxygen atoms in total. The molecule has 0 saturated carbocycles. The Morgan fingerprint density at radius 1 is 1.05 bits per heavy atom. The van der Waals surface area contributed by atoms with Crippen LogP contribution in [0.5, 0.6) is 0 Å². The number of hydrogen-bond donors (Lipinski definition) is 1. The molecule has 4 heteroatoms. The van der Waals surface area contributed by atoms with Gasteiger partial charge in [-0.2, -0.15) is 0 Å². The molecule has 0 aromatic heterocycles. The van der Waals surface area contributed by atoms with Gasteiger partial charge in [-0.05, 0) is 76.5 Å². The maximum Gasteiger partial charge on any atom is 0.225 e. The summed E-state index contributed by atoms with van der Waals surface area (Å²) in [5.41, 5.74) is 0. The lowest BCUT2D eigenvalue weighted by molar-refractivity contribution is -0.138. The first-order valence-electron chi connectivity index (χ1n) is 9.44. The molecule has 1 unspecified atom stereocenters. The van der Waals surface area contributed by atoms with Gasteiger partial charge in [0.05, 0.1) is 0 Å². The Labute approximate surface area is 135 Å². The molecule has 1 atom stereocenters. The van der Waals surface area contributed by atoms with Gasteiger partial charge in [-0.3, -0.25) is 4.79 Å². The van der Waals surface area contributed by atoms with Crippen LogP contribution in [0.1, 0.15) is 45.4 Å². The minimum atomic E-state index is 0.301. The topological polar surface area (TPSA) is 35.6 Å². The second-order valence-corrected chi connectivity index (χ2v) is 7.80. The molecule has 3 rings (SSSR count). The van der Waals surface area contributed by atoms with Crippen molar-refractivity contribution in [3.05, 3.63) is 0 Å². The molecule has 1 N–H and O–H groups in total. The second-order valence-electron chi connectivity index (χ2n) is 7.80. The van der Waals surface area contributed by atoms with E-state index >= 15 is 0 Å². The van der Waals surface area contributed by atoms with Gasteiger partial charge in [0, 0.05) is 25.6 Å². The predicted octanol–water partition coefficient (Wildman–Crippen LogP) is 1.96. The normalized spacial score (nSPS) is 29.7. The molecule has 0 radical (unpaired) electrons. The smallest absolute Gasteiger partial charge is 0.225 e. The molecule has 0 aromatic rings. The molecule has 126 valence electrons. The Morgan fingerprint density at radius 3 is 2.45 bits per heavy atom. The Bertz CT molecular complexity index is 359. The van der Waals surface area contributed by atoms with Gasteiger partial charge in [0.25, 0.3) is 0 Å². The SMILES string of the molecule is CC1CCCN(C(=O)C2CCN(CC3CCNCC3)CC2)C1. The summed E-state index contributed by atoms with van der Waals surface area (Å²) < 4.78 is 0. The van der Waals surface area contributed by atoms with Crippen LogP contribution in [0.2, 0.25) is 0 Å². The van der Waals surface area contributed by atoms with Gasteiger partial charge in [-0.15, -0.1) is 0 Å². The molecule has 1 amide bonds. The van der Waals surface area contributed by atoms with E-state index in [4.69, 9.17) is 0 Å². The van der Waals surface area contributed by atoms with E-state index in [1.165, 1.54) is 45.3 Å². The average molecular weight is 307 g/mol. The van der Waals surface area contributed by atoms with Crippen molar-refractivity contribution >= 4 is 5.91 Å². The van der Waals surface area contributed by atoms with Gasteiger partial charge in [-0.25, -0.2) is 0 Å². The average Bonchev–Trinajstić information content (AvgIpc) is 2.56. The van der Waals surface area contributed by atoms with Crippen LogP contribution in [0.4, 0.5) is 0 Å². The third kappa shape index (κ3) is 4.23. The zero-order valence-electron chi connectivity index (χ0n) is 14.2. The van der Waals surface area contributed by atoms with Crippen molar-refractivity contribution in [2.24, 2.45) is 17.8 Å². The summed E-state index contributed by atoms with van der Waals surface area (Å²) in [5, 5.41) is 3.45. The standard InChI is InChI=1S/C18H33N3O/c1-15-3-2-10-21(13-15)18(22)17-6-11-20(12-7-17)14-16-4-8-19-9-5-16/h15-17,19H,2-14H2,1H3. The molecule has 3 saturated heterocycles. The minimum Gasteiger partial charge on any atom is -0.342 e. The van der Waals surface area contributed by atoms with Crippen LogP contribution in [-0.4, -0.2) is 61.5 Å². The fourth-order valence-corrected chi connectivity index (χ4v) is 4.44. The lowest BCUT2D eigenvalue weighted by Gasteiger charge is -2.38. The lowest BCUT2D eigenvalue weighted by Crippen LogP contribution is -2.47. The summed E-state index contributed by atoms with van der Waals surface area (Å²) in [6.07, 6.45) is 7.29. The first-order valence-corrected chi connectivity index (χ1v) is 9.44. The molecule has 0 aliphatic carbocycles. The summed E-state index contributed by atoms with van der Waals surface area (Å²) >= 11 is 0. The van der Waals surface area contributed by atoms with Crippen molar-refractivity contribution in [3.63, 3.8) is 0 Å². The van der Waals surface area contributed by atoms with E-state index in [9.17, 15) is 4.79 Å². The van der Waals surface area contributed by atoms with Crippen LogP contribution in [0.25, 0.3) is 0 Å². The summed E-state index contributed by atoms with van der Waals surface area (Å²) in [7, 11) is 0. The van der Waals surface area contributed by atoms with Crippen molar-refractivity contribution in [2.45, 2.75) is 45.4 Å². The van der Waals surface area contributed by atoms with Crippen LogP contribution < -0.4 is 5.32 Å². The van der Waals surface area contributed by atoms with E-state index in [-0.39, 0.29) is 0 Å². The molecular weight excluding hydrogens is 274 g/mol. The van der Waals surface area contributed by atoms with E-state index in [0.29, 0.717) is 17.7 Å². The van der Waals surface area contributed by atoms with Crippen LogP contribution in [0.3, 0.4) is 0 Å². The summed E-state index contributed by atoms with van der Waals surface area (Å²) in [4.78, 5) is 17.5. The maximum absolute atomic E-state index is 12.7. The van der Waals surface area contributed by atoms with E-state index in [0.717, 1.165) is 44.9 Å². The van der Waals surface area contributed by atoms with Crippen molar-refractivity contribution in [1.29, 1.82) is 0 Å². The number of rotatable bonds is 3. The fourth-order valence-electron chi connectivity index (χ4n) is 4.44. The number of amides is 1. The van der Waals surface area contributed by atoms with Crippen molar-refractivity contribution in [2.75, 3.05) is 45.8 Å². The van der Waals surface area contributed by atoms with Gasteiger partial charge in [0.1, 0.15) is 0 Å². The van der Waals surface area contributed by atoms with Gasteiger partial charge in [-0.1, -0.05) is 6.92 Å². The van der Waals surface area contributed by atoms with E-state index in [1.54, 1.807) is 0 Å². The second kappa shape index (κ2) is 7.78. The molecule has 3 heterocycles. The highest BCUT2D eigenvalue weighted by Gasteiger charge is 2.31. The van der Waals surface area contributed by atoms with Crippen LogP contribution >= 0.6 is 0 Å². The van der Waals surface area contributed by atoms with Crippen LogP contribution in [0, 0.1) is 17.8 Å².